The highest BCUT2D eigenvalue weighted by Gasteiger charge is 2.06. The topological polar surface area (TPSA) is 12.9 Å². The fourth-order valence-corrected chi connectivity index (χ4v) is 2.88. The minimum absolute atomic E-state index is 0.492. The van der Waals surface area contributed by atoms with Crippen LogP contribution in [0.4, 0.5) is 0 Å². The molecule has 0 aliphatic heterocycles. The maximum absolute atomic E-state index is 5.78. The van der Waals surface area contributed by atoms with E-state index in [0.29, 0.717) is 16.8 Å². The molecule has 78 valence electrons. The summed E-state index contributed by atoms with van der Waals surface area (Å²) in [6.07, 6.45) is 1.65. The predicted molar refractivity (Wildman–Crippen MR) is 67.6 cm³/mol. The molecule has 1 unspecified atom stereocenters. The number of nitrogens with zero attached hydrogens (tertiary/aromatic N) is 1. The number of aromatic nitrogens is 1. The molecule has 0 aliphatic carbocycles. The lowest BCUT2D eigenvalue weighted by atomic mass is 10.3. The van der Waals surface area contributed by atoms with E-state index in [9.17, 15) is 0 Å². The van der Waals surface area contributed by atoms with Crippen molar-refractivity contribution in [2.45, 2.75) is 11.9 Å². The zero-order chi connectivity index (χ0) is 10.6. The highest BCUT2D eigenvalue weighted by atomic mass is 79.9. The van der Waals surface area contributed by atoms with E-state index >= 15 is 0 Å². The third-order valence-electron chi connectivity index (χ3n) is 1.54. The summed E-state index contributed by atoms with van der Waals surface area (Å²) in [5.74, 6) is 2.14. The van der Waals surface area contributed by atoms with Gasteiger partial charge in [-0.1, -0.05) is 18.5 Å². The summed E-state index contributed by atoms with van der Waals surface area (Å²) in [7, 11) is 0. The van der Waals surface area contributed by atoms with Crippen molar-refractivity contribution in [2.24, 2.45) is 5.92 Å². The summed E-state index contributed by atoms with van der Waals surface area (Å²) in [6.45, 7) is 2.11. The second-order valence-electron chi connectivity index (χ2n) is 3.01. The Morgan fingerprint density at radius 1 is 1.64 bits per heavy atom. The van der Waals surface area contributed by atoms with Crippen LogP contribution >= 0.6 is 50.9 Å². The molecule has 14 heavy (non-hydrogen) atoms. The molecule has 1 heterocycles. The first kappa shape index (κ1) is 12.6. The van der Waals surface area contributed by atoms with Crippen LogP contribution in [-0.2, 0) is 0 Å². The third-order valence-corrected chi connectivity index (χ3v) is 4.48. The molecular weight excluding hydrogens is 305 g/mol. The standard InChI is InChI=1S/C9H10BrCl2NS/c1-6(3-11)5-14-9-8(10)2-7(12)4-13-9/h2,4,6H,3,5H2,1H3. The SMILES string of the molecule is CC(CCl)CSc1ncc(Cl)cc1Br. The number of hydrogen-bond acceptors (Lipinski definition) is 2. The van der Waals surface area contributed by atoms with Crippen molar-refractivity contribution in [3.05, 3.63) is 21.8 Å². The highest BCUT2D eigenvalue weighted by molar-refractivity contribution is 9.10. The Morgan fingerprint density at radius 2 is 2.36 bits per heavy atom. The zero-order valence-electron chi connectivity index (χ0n) is 7.64. The Kier molecular flexibility index (Phi) is 5.60. The van der Waals surface area contributed by atoms with Crippen LogP contribution in [0.3, 0.4) is 0 Å². The zero-order valence-corrected chi connectivity index (χ0v) is 11.5. The molecule has 1 aromatic rings. The van der Waals surface area contributed by atoms with E-state index in [4.69, 9.17) is 23.2 Å². The summed E-state index contributed by atoms with van der Waals surface area (Å²) in [4.78, 5) is 4.23. The summed E-state index contributed by atoms with van der Waals surface area (Å²) in [5, 5.41) is 1.61. The molecule has 0 saturated carbocycles. The lowest BCUT2D eigenvalue weighted by molar-refractivity contribution is 0.758. The predicted octanol–water partition coefficient (Wildman–Crippen LogP) is 4.46. The van der Waals surface area contributed by atoms with Crippen LogP contribution < -0.4 is 0 Å². The fraction of sp³-hybridized carbons (Fsp3) is 0.444. The molecule has 0 spiro atoms. The average molecular weight is 315 g/mol. The maximum Gasteiger partial charge on any atom is 0.110 e. The molecule has 0 amide bonds. The van der Waals surface area contributed by atoms with Crippen LogP contribution in [0.15, 0.2) is 21.8 Å². The Bertz CT molecular complexity index is 309. The molecule has 0 radical (unpaired) electrons. The highest BCUT2D eigenvalue weighted by Crippen LogP contribution is 2.28. The van der Waals surface area contributed by atoms with Gasteiger partial charge in [-0.25, -0.2) is 4.98 Å². The third kappa shape index (κ3) is 3.97. The summed E-state index contributed by atoms with van der Waals surface area (Å²) in [6, 6.07) is 1.85. The van der Waals surface area contributed by atoms with Crippen molar-refractivity contribution in [2.75, 3.05) is 11.6 Å². The van der Waals surface area contributed by atoms with Crippen molar-refractivity contribution in [3.63, 3.8) is 0 Å². The van der Waals surface area contributed by atoms with Crippen LogP contribution in [0, 0.1) is 5.92 Å². The Hall–Kier alpha value is 0.560. The lowest BCUT2D eigenvalue weighted by Gasteiger charge is -2.07. The largest absolute Gasteiger partial charge is 0.247 e. The molecule has 1 rings (SSSR count). The van der Waals surface area contributed by atoms with Gasteiger partial charge in [0.25, 0.3) is 0 Å². The number of alkyl halides is 1. The van der Waals surface area contributed by atoms with Gasteiger partial charge in [0.1, 0.15) is 5.03 Å². The van der Waals surface area contributed by atoms with Crippen molar-refractivity contribution >= 4 is 50.9 Å². The van der Waals surface area contributed by atoms with Crippen LogP contribution in [0.1, 0.15) is 6.92 Å². The minimum Gasteiger partial charge on any atom is -0.247 e. The lowest BCUT2D eigenvalue weighted by Crippen LogP contribution is -1.99. The molecular formula is C9H10BrCl2NS. The average Bonchev–Trinajstić information content (AvgIpc) is 2.16. The van der Waals surface area contributed by atoms with E-state index in [1.54, 1.807) is 18.0 Å². The first-order valence-corrected chi connectivity index (χ1v) is 6.82. The van der Waals surface area contributed by atoms with Gasteiger partial charge in [-0.2, -0.15) is 0 Å². The normalized spacial score (nSPS) is 12.9. The molecule has 1 atom stereocenters. The van der Waals surface area contributed by atoms with Gasteiger partial charge in [0.2, 0.25) is 0 Å². The molecule has 1 nitrogen and oxygen atoms in total. The van der Waals surface area contributed by atoms with E-state index in [-0.39, 0.29) is 0 Å². The molecule has 0 aliphatic rings. The van der Waals surface area contributed by atoms with Crippen molar-refractivity contribution in [3.8, 4) is 0 Å². The molecule has 0 saturated heterocycles. The van der Waals surface area contributed by atoms with E-state index in [1.807, 2.05) is 6.07 Å². The first-order chi connectivity index (χ1) is 6.63. The summed E-state index contributed by atoms with van der Waals surface area (Å²) < 4.78 is 0.941. The van der Waals surface area contributed by atoms with Gasteiger partial charge in [0.05, 0.1) is 9.50 Å². The molecule has 0 N–H and O–H groups in total. The summed E-state index contributed by atoms with van der Waals surface area (Å²) in [5.41, 5.74) is 0. The number of thioether (sulfide) groups is 1. The Balaban J connectivity index is 2.59. The van der Waals surface area contributed by atoms with Crippen LogP contribution in [0.5, 0.6) is 0 Å². The van der Waals surface area contributed by atoms with Gasteiger partial charge in [0.15, 0.2) is 0 Å². The van der Waals surface area contributed by atoms with Crippen molar-refractivity contribution < 1.29 is 0 Å². The molecule has 0 fully saturated rings. The first-order valence-electron chi connectivity index (χ1n) is 4.13. The van der Waals surface area contributed by atoms with Gasteiger partial charge in [-0.05, 0) is 27.9 Å². The Labute approximate surface area is 107 Å². The molecule has 0 aromatic carbocycles. The van der Waals surface area contributed by atoms with Gasteiger partial charge >= 0.3 is 0 Å². The van der Waals surface area contributed by atoms with Crippen molar-refractivity contribution in [1.82, 2.24) is 4.98 Å². The monoisotopic (exact) mass is 313 g/mol. The van der Waals surface area contributed by atoms with Gasteiger partial charge in [0, 0.05) is 17.8 Å². The quantitative estimate of drug-likeness (QED) is 0.601. The van der Waals surface area contributed by atoms with E-state index in [2.05, 4.69) is 27.8 Å². The smallest absolute Gasteiger partial charge is 0.110 e. The Morgan fingerprint density at radius 3 is 2.93 bits per heavy atom. The number of halogens is 3. The number of hydrogen-bond donors (Lipinski definition) is 0. The molecule has 5 heteroatoms. The van der Waals surface area contributed by atoms with Crippen LogP contribution in [0.2, 0.25) is 5.02 Å². The van der Waals surface area contributed by atoms with Crippen LogP contribution in [-0.4, -0.2) is 16.6 Å². The molecule has 1 aromatic heterocycles. The van der Waals surface area contributed by atoms with E-state index < -0.39 is 0 Å². The van der Waals surface area contributed by atoms with Gasteiger partial charge in [-0.15, -0.1) is 23.4 Å². The van der Waals surface area contributed by atoms with E-state index in [0.717, 1.165) is 15.3 Å². The van der Waals surface area contributed by atoms with Crippen molar-refractivity contribution in [1.29, 1.82) is 0 Å². The van der Waals surface area contributed by atoms with E-state index in [1.165, 1.54) is 0 Å². The second kappa shape index (κ2) is 6.21. The summed E-state index contributed by atoms with van der Waals surface area (Å²) >= 11 is 16.6. The number of rotatable bonds is 4. The minimum atomic E-state index is 0.492. The second-order valence-corrected chi connectivity index (χ2v) is 5.62. The fourth-order valence-electron chi connectivity index (χ4n) is 0.774. The van der Waals surface area contributed by atoms with Gasteiger partial charge < -0.3 is 0 Å². The van der Waals surface area contributed by atoms with Gasteiger partial charge in [-0.3, -0.25) is 0 Å². The molecule has 0 bridgehead atoms. The van der Waals surface area contributed by atoms with Crippen LogP contribution in [0.25, 0.3) is 0 Å². The maximum atomic E-state index is 5.78. The number of pyridine rings is 1.